The Morgan fingerprint density at radius 1 is 1.21 bits per heavy atom. The number of hydrogen-bond donors (Lipinski definition) is 0. The third-order valence-corrected chi connectivity index (χ3v) is 6.31. The molecule has 1 aliphatic carbocycles. The van der Waals surface area contributed by atoms with Crippen LogP contribution in [0.2, 0.25) is 0 Å². The quantitative estimate of drug-likeness (QED) is 0.153. The summed E-state index contributed by atoms with van der Waals surface area (Å²) < 4.78 is 39.9. The van der Waals surface area contributed by atoms with Gasteiger partial charge in [0.05, 0.1) is 12.7 Å². The van der Waals surface area contributed by atoms with Crippen LogP contribution < -0.4 is 4.74 Å². The van der Waals surface area contributed by atoms with Gasteiger partial charge in [-0.2, -0.15) is 4.98 Å². The van der Waals surface area contributed by atoms with Crippen LogP contribution in [0.4, 0.5) is 8.78 Å². The van der Waals surface area contributed by atoms with E-state index in [0.717, 1.165) is 35.1 Å². The SMILES string of the molecule is C=C(/C(=C(\N=C/C)OC)c1ncc(C)c(OCc2ccc(-c3nc(C(F)F)cn3C(C)C)cc2)n1)C1CC1. The Hall–Kier alpha value is -3.88. The molecule has 3 aromatic rings. The summed E-state index contributed by atoms with van der Waals surface area (Å²) in [6.45, 7) is 12.1. The Bertz CT molecular complexity index is 1360. The van der Waals surface area contributed by atoms with Gasteiger partial charge in [0.1, 0.15) is 18.1 Å². The van der Waals surface area contributed by atoms with Gasteiger partial charge < -0.3 is 14.0 Å². The highest BCUT2D eigenvalue weighted by atomic mass is 19.3. The number of rotatable bonds is 11. The van der Waals surface area contributed by atoms with Crippen molar-refractivity contribution in [2.24, 2.45) is 10.9 Å². The zero-order valence-corrected chi connectivity index (χ0v) is 22.4. The first-order valence-electron chi connectivity index (χ1n) is 12.6. The molecule has 0 atom stereocenters. The van der Waals surface area contributed by atoms with Crippen LogP contribution in [0.15, 0.2) is 59.7 Å². The molecule has 38 heavy (non-hydrogen) atoms. The van der Waals surface area contributed by atoms with Crippen LogP contribution in [0.3, 0.4) is 0 Å². The molecule has 9 heteroatoms. The minimum absolute atomic E-state index is 0.000441. The minimum atomic E-state index is -2.62. The van der Waals surface area contributed by atoms with E-state index in [9.17, 15) is 8.78 Å². The van der Waals surface area contributed by atoms with Crippen molar-refractivity contribution in [3.05, 3.63) is 77.3 Å². The lowest BCUT2D eigenvalue weighted by atomic mass is 10.0. The molecule has 0 unspecified atom stereocenters. The van der Waals surface area contributed by atoms with Crippen molar-refractivity contribution in [3.8, 4) is 17.3 Å². The topological polar surface area (TPSA) is 74.4 Å². The molecule has 0 aliphatic heterocycles. The summed E-state index contributed by atoms with van der Waals surface area (Å²) in [6.07, 6.45) is 4.32. The van der Waals surface area contributed by atoms with Crippen molar-refractivity contribution in [1.82, 2.24) is 19.5 Å². The second-order valence-corrected chi connectivity index (χ2v) is 9.53. The first-order chi connectivity index (χ1) is 18.2. The van der Waals surface area contributed by atoms with Crippen LogP contribution in [-0.4, -0.2) is 32.8 Å². The summed E-state index contributed by atoms with van der Waals surface area (Å²) in [5.41, 5.74) is 3.82. The predicted molar refractivity (Wildman–Crippen MR) is 144 cm³/mol. The van der Waals surface area contributed by atoms with E-state index in [1.165, 1.54) is 6.20 Å². The number of imidazole rings is 1. The Balaban J connectivity index is 1.56. The number of nitrogens with zero attached hydrogens (tertiary/aromatic N) is 5. The highest BCUT2D eigenvalue weighted by Crippen LogP contribution is 2.43. The third kappa shape index (κ3) is 5.98. The highest BCUT2D eigenvalue weighted by Gasteiger charge is 2.31. The predicted octanol–water partition coefficient (Wildman–Crippen LogP) is 7.12. The van der Waals surface area contributed by atoms with E-state index in [4.69, 9.17) is 14.5 Å². The lowest BCUT2D eigenvalue weighted by Crippen LogP contribution is -2.06. The van der Waals surface area contributed by atoms with E-state index in [1.54, 1.807) is 24.1 Å². The second-order valence-electron chi connectivity index (χ2n) is 9.53. The average Bonchev–Trinajstić information content (AvgIpc) is 3.65. The molecule has 0 radical (unpaired) electrons. The molecule has 1 aromatic carbocycles. The summed E-state index contributed by atoms with van der Waals surface area (Å²) in [5, 5.41) is 0. The van der Waals surface area contributed by atoms with Crippen molar-refractivity contribution in [1.29, 1.82) is 0 Å². The number of aryl methyl sites for hydroxylation is 1. The fraction of sp³-hybridized carbons (Fsp3) is 0.379. The summed E-state index contributed by atoms with van der Waals surface area (Å²) in [6, 6.07) is 7.52. The maximum absolute atomic E-state index is 13.2. The molecular weight excluding hydrogens is 488 g/mol. The fourth-order valence-corrected chi connectivity index (χ4v) is 4.07. The van der Waals surface area contributed by atoms with E-state index in [2.05, 4.69) is 21.5 Å². The lowest BCUT2D eigenvalue weighted by molar-refractivity contribution is 0.146. The molecular formula is C29H33F2N5O2. The Morgan fingerprint density at radius 2 is 1.92 bits per heavy atom. The van der Waals surface area contributed by atoms with Gasteiger partial charge in [-0.15, -0.1) is 0 Å². The zero-order valence-electron chi connectivity index (χ0n) is 22.4. The Morgan fingerprint density at radius 3 is 2.50 bits per heavy atom. The third-order valence-electron chi connectivity index (χ3n) is 6.31. The van der Waals surface area contributed by atoms with Gasteiger partial charge in [-0.3, -0.25) is 0 Å². The molecule has 0 bridgehead atoms. The maximum Gasteiger partial charge on any atom is 0.281 e. The number of alkyl halides is 2. The van der Waals surface area contributed by atoms with Crippen LogP contribution in [0.5, 0.6) is 5.88 Å². The normalized spacial score (nSPS) is 14.3. The molecule has 1 fully saturated rings. The minimum Gasteiger partial charge on any atom is -0.480 e. The van der Waals surface area contributed by atoms with Gasteiger partial charge >= 0.3 is 0 Å². The van der Waals surface area contributed by atoms with Crippen molar-refractivity contribution in [3.63, 3.8) is 0 Å². The Labute approximate surface area is 222 Å². The summed E-state index contributed by atoms with van der Waals surface area (Å²) >= 11 is 0. The van der Waals surface area contributed by atoms with Crippen molar-refractivity contribution < 1.29 is 18.3 Å². The van der Waals surface area contributed by atoms with Crippen LogP contribution in [0.1, 0.15) is 68.7 Å². The van der Waals surface area contributed by atoms with E-state index in [-0.39, 0.29) is 18.3 Å². The molecule has 2 aromatic heterocycles. The molecule has 7 nitrogen and oxygen atoms in total. The molecule has 0 amide bonds. The van der Waals surface area contributed by atoms with E-state index < -0.39 is 6.43 Å². The number of benzene rings is 1. The first kappa shape index (κ1) is 27.2. The summed E-state index contributed by atoms with van der Waals surface area (Å²) in [4.78, 5) is 17.7. The molecule has 1 saturated carbocycles. The number of aliphatic imine (C=N–C) groups is 1. The van der Waals surface area contributed by atoms with Gasteiger partial charge in [-0.1, -0.05) is 30.8 Å². The monoisotopic (exact) mass is 521 g/mol. The number of hydrogen-bond acceptors (Lipinski definition) is 6. The molecule has 0 N–H and O–H groups in total. The van der Waals surface area contributed by atoms with Gasteiger partial charge in [-0.25, -0.2) is 23.7 Å². The van der Waals surface area contributed by atoms with Gasteiger partial charge in [0.25, 0.3) is 6.43 Å². The van der Waals surface area contributed by atoms with Crippen LogP contribution in [-0.2, 0) is 11.3 Å². The molecule has 4 rings (SSSR count). The standard InChI is InChI=1S/C29H33F2N5O2/c1-7-32-29(37-6)24(19(5)21-12-13-21)26-33-14-18(4)28(35-26)38-16-20-8-10-22(11-9-20)27-34-23(25(30)31)15-36(27)17(2)3/h7-11,14-15,17,21,25H,5,12-13,16H2,1-4,6H3/b29-24-,32-7-. The van der Waals surface area contributed by atoms with Gasteiger partial charge in [0, 0.05) is 35.8 Å². The summed E-state index contributed by atoms with van der Waals surface area (Å²) in [7, 11) is 1.57. The Kier molecular flexibility index (Phi) is 8.34. The van der Waals surface area contributed by atoms with Gasteiger partial charge in [-0.05, 0) is 57.6 Å². The maximum atomic E-state index is 13.2. The van der Waals surface area contributed by atoms with Crippen molar-refractivity contribution in [2.75, 3.05) is 7.11 Å². The fourth-order valence-electron chi connectivity index (χ4n) is 4.07. The van der Waals surface area contributed by atoms with Crippen LogP contribution >= 0.6 is 0 Å². The number of methoxy groups -OCH3 is 1. The number of halogens is 2. The zero-order chi connectivity index (χ0) is 27.4. The molecule has 0 saturated heterocycles. The molecule has 1 aliphatic rings. The van der Waals surface area contributed by atoms with Crippen LogP contribution in [0, 0.1) is 12.8 Å². The van der Waals surface area contributed by atoms with Gasteiger partial charge in [0.2, 0.25) is 11.8 Å². The van der Waals surface area contributed by atoms with E-state index >= 15 is 0 Å². The smallest absolute Gasteiger partial charge is 0.281 e. The number of aromatic nitrogens is 4. The summed E-state index contributed by atoms with van der Waals surface area (Å²) in [5.74, 6) is 2.21. The van der Waals surface area contributed by atoms with E-state index in [1.807, 2.05) is 52.0 Å². The second kappa shape index (κ2) is 11.7. The largest absolute Gasteiger partial charge is 0.480 e. The highest BCUT2D eigenvalue weighted by molar-refractivity contribution is 5.78. The van der Waals surface area contributed by atoms with Crippen molar-refractivity contribution >= 4 is 11.8 Å². The van der Waals surface area contributed by atoms with Crippen LogP contribution in [0.25, 0.3) is 17.0 Å². The first-order valence-corrected chi connectivity index (χ1v) is 12.6. The number of allylic oxidation sites excluding steroid dienone is 2. The van der Waals surface area contributed by atoms with Gasteiger partial charge in [0.15, 0.2) is 5.82 Å². The van der Waals surface area contributed by atoms with E-state index in [0.29, 0.717) is 34.9 Å². The molecule has 200 valence electrons. The van der Waals surface area contributed by atoms with Crippen molar-refractivity contribution in [2.45, 2.75) is 59.6 Å². The number of ether oxygens (including phenoxy) is 2. The molecule has 0 spiro atoms. The lowest BCUT2D eigenvalue weighted by Gasteiger charge is -2.15. The molecule has 2 heterocycles. The average molecular weight is 522 g/mol.